The van der Waals surface area contributed by atoms with Crippen LogP contribution in [0.4, 0.5) is 0 Å². The minimum absolute atomic E-state index is 0.0695. The molecule has 7 heteroatoms. The van der Waals surface area contributed by atoms with Crippen LogP contribution in [0.15, 0.2) is 42.5 Å². The Hall–Kier alpha value is -2.49. The number of ether oxygens (including phenoxy) is 1. The van der Waals surface area contributed by atoms with Gasteiger partial charge in [0.2, 0.25) is 0 Å². The van der Waals surface area contributed by atoms with Crippen LogP contribution in [0.1, 0.15) is 37.5 Å². The summed E-state index contributed by atoms with van der Waals surface area (Å²) in [6.07, 6.45) is 0.108. The van der Waals surface area contributed by atoms with Gasteiger partial charge < -0.3 is 9.84 Å². The summed E-state index contributed by atoms with van der Waals surface area (Å²) in [5, 5.41) is 9.95. The van der Waals surface area contributed by atoms with Crippen molar-refractivity contribution in [1.82, 2.24) is 0 Å². The Kier molecular flexibility index (Phi) is 6.99. The monoisotopic (exact) mass is 434 g/mol. The molecule has 0 heterocycles. The Labute approximate surface area is 176 Å². The minimum atomic E-state index is -3.15. The number of carboxylic acid groups (broad SMARTS) is 1. The smallest absolute Gasteiger partial charge is 0.345 e. The first-order valence-electron chi connectivity index (χ1n) is 8.83. The summed E-state index contributed by atoms with van der Waals surface area (Å²) in [6, 6.07) is 11.7. The van der Waals surface area contributed by atoms with Crippen LogP contribution in [0.25, 0.3) is 0 Å². The van der Waals surface area contributed by atoms with Crippen LogP contribution in [-0.2, 0) is 20.4 Å². The third-order valence-electron chi connectivity index (χ3n) is 3.89. The second-order valence-corrected chi connectivity index (χ2v) is 10.4. The van der Waals surface area contributed by atoms with Gasteiger partial charge >= 0.3 is 5.97 Å². The Morgan fingerprint density at radius 1 is 1.17 bits per heavy atom. The molecule has 154 valence electrons. The molecule has 1 atom stereocenters. The normalized spacial score (nSPS) is 12.6. The predicted molar refractivity (Wildman–Crippen MR) is 114 cm³/mol. The highest BCUT2D eigenvalue weighted by Crippen LogP contribution is 2.29. The van der Waals surface area contributed by atoms with Gasteiger partial charge in [-0.2, -0.15) is 0 Å². The van der Waals surface area contributed by atoms with Crippen molar-refractivity contribution in [3.05, 3.63) is 64.2 Å². The number of rotatable bonds is 5. The summed E-state index contributed by atoms with van der Waals surface area (Å²) in [4.78, 5) is 11.6. The van der Waals surface area contributed by atoms with Crippen LogP contribution in [0.3, 0.4) is 0 Å². The van der Waals surface area contributed by atoms with Crippen molar-refractivity contribution in [1.29, 1.82) is 0 Å². The zero-order valence-electron chi connectivity index (χ0n) is 16.7. The molecule has 1 N–H and O–H groups in total. The number of aliphatic carboxylic acids is 1. The second kappa shape index (κ2) is 8.89. The first-order chi connectivity index (χ1) is 13.3. The van der Waals surface area contributed by atoms with E-state index in [-0.39, 0.29) is 5.75 Å². The molecule has 0 radical (unpaired) electrons. The molecule has 0 saturated heterocycles. The van der Waals surface area contributed by atoms with E-state index in [4.69, 9.17) is 16.3 Å². The SMILES string of the molecule is CC(C)(C)C(Oc1ccc(Cl)cc1C#Cc1cccc(CS(C)(=O)=O)c1)C(=O)O. The van der Waals surface area contributed by atoms with Crippen molar-refractivity contribution in [2.75, 3.05) is 6.26 Å². The molecule has 2 aromatic rings. The van der Waals surface area contributed by atoms with Gasteiger partial charge in [0.05, 0.1) is 11.3 Å². The van der Waals surface area contributed by atoms with E-state index in [0.29, 0.717) is 27.5 Å². The molecule has 0 aromatic heterocycles. The lowest BCUT2D eigenvalue weighted by Crippen LogP contribution is -2.39. The van der Waals surface area contributed by atoms with Crippen molar-refractivity contribution in [3.63, 3.8) is 0 Å². The fourth-order valence-corrected chi connectivity index (χ4v) is 3.57. The van der Waals surface area contributed by atoms with Gasteiger partial charge in [0, 0.05) is 22.3 Å². The molecule has 0 aliphatic carbocycles. The average Bonchev–Trinajstić information content (AvgIpc) is 2.56. The Balaban J connectivity index is 2.39. The highest BCUT2D eigenvalue weighted by Gasteiger charge is 2.33. The van der Waals surface area contributed by atoms with Gasteiger partial charge in [-0.25, -0.2) is 13.2 Å². The van der Waals surface area contributed by atoms with E-state index in [0.717, 1.165) is 0 Å². The minimum Gasteiger partial charge on any atom is -0.478 e. The van der Waals surface area contributed by atoms with E-state index in [2.05, 4.69) is 11.8 Å². The lowest BCUT2D eigenvalue weighted by Gasteiger charge is -2.28. The van der Waals surface area contributed by atoms with Crippen molar-refractivity contribution >= 4 is 27.4 Å². The van der Waals surface area contributed by atoms with Gasteiger partial charge in [-0.1, -0.05) is 56.3 Å². The lowest BCUT2D eigenvalue weighted by molar-refractivity contribution is -0.150. The topological polar surface area (TPSA) is 80.7 Å². The van der Waals surface area contributed by atoms with Crippen LogP contribution >= 0.6 is 11.6 Å². The summed E-state index contributed by atoms with van der Waals surface area (Å²) in [5.41, 5.74) is 1.08. The molecule has 0 aliphatic rings. The van der Waals surface area contributed by atoms with Crippen LogP contribution < -0.4 is 4.74 Å². The maximum absolute atomic E-state index is 11.6. The summed E-state index contributed by atoms with van der Waals surface area (Å²) in [5.74, 6) is 5.10. The number of sulfone groups is 1. The van der Waals surface area contributed by atoms with Gasteiger partial charge in [-0.15, -0.1) is 0 Å². The fourth-order valence-electron chi connectivity index (χ4n) is 2.61. The Morgan fingerprint density at radius 3 is 2.45 bits per heavy atom. The summed E-state index contributed by atoms with van der Waals surface area (Å²) < 4.78 is 28.8. The largest absolute Gasteiger partial charge is 0.478 e. The van der Waals surface area contributed by atoms with Crippen LogP contribution in [0, 0.1) is 17.3 Å². The van der Waals surface area contributed by atoms with Crippen LogP contribution in [-0.4, -0.2) is 31.9 Å². The maximum atomic E-state index is 11.6. The summed E-state index contributed by atoms with van der Waals surface area (Å²) in [6.45, 7) is 5.33. The highest BCUT2D eigenvalue weighted by molar-refractivity contribution is 7.89. The lowest BCUT2D eigenvalue weighted by atomic mass is 9.89. The zero-order chi connectivity index (χ0) is 21.8. The van der Waals surface area contributed by atoms with Crippen LogP contribution in [0.2, 0.25) is 5.02 Å². The number of hydrogen-bond donors (Lipinski definition) is 1. The van der Waals surface area contributed by atoms with Crippen molar-refractivity contribution < 1.29 is 23.1 Å². The molecule has 0 amide bonds. The molecule has 0 aliphatic heterocycles. The summed E-state index contributed by atoms with van der Waals surface area (Å²) >= 11 is 6.08. The van der Waals surface area contributed by atoms with Crippen molar-refractivity contribution in [2.24, 2.45) is 5.41 Å². The molecule has 2 aromatic carbocycles. The molecule has 1 unspecified atom stereocenters. The van der Waals surface area contributed by atoms with E-state index in [1.165, 1.54) is 6.26 Å². The van der Waals surface area contributed by atoms with E-state index in [1.54, 1.807) is 63.2 Å². The third kappa shape index (κ3) is 7.12. The fraction of sp³-hybridized carbons (Fsp3) is 0.318. The molecule has 0 spiro atoms. The first-order valence-corrected chi connectivity index (χ1v) is 11.3. The maximum Gasteiger partial charge on any atom is 0.345 e. The molecule has 0 bridgehead atoms. The van der Waals surface area contributed by atoms with Gasteiger partial charge in [0.1, 0.15) is 5.75 Å². The van der Waals surface area contributed by atoms with E-state index < -0.39 is 27.3 Å². The Morgan fingerprint density at radius 2 is 1.86 bits per heavy atom. The van der Waals surface area contributed by atoms with Crippen LogP contribution in [0.5, 0.6) is 5.75 Å². The highest BCUT2D eigenvalue weighted by atomic mass is 35.5. The van der Waals surface area contributed by atoms with Gasteiger partial charge in [-0.05, 0) is 35.9 Å². The molecule has 2 rings (SSSR count). The number of carboxylic acids is 1. The van der Waals surface area contributed by atoms with E-state index in [9.17, 15) is 18.3 Å². The second-order valence-electron chi connectivity index (χ2n) is 7.86. The molecule has 0 saturated carbocycles. The predicted octanol–water partition coefficient (Wildman–Crippen LogP) is 4.16. The quantitative estimate of drug-likeness (QED) is 0.714. The average molecular weight is 435 g/mol. The zero-order valence-corrected chi connectivity index (χ0v) is 18.3. The van der Waals surface area contributed by atoms with E-state index >= 15 is 0 Å². The first kappa shape index (κ1) is 22.8. The van der Waals surface area contributed by atoms with Crippen molar-refractivity contribution in [2.45, 2.75) is 32.6 Å². The molecular formula is C22H23ClO5S. The third-order valence-corrected chi connectivity index (χ3v) is 4.99. The Bertz CT molecular complexity index is 1070. The van der Waals surface area contributed by atoms with Crippen molar-refractivity contribution in [3.8, 4) is 17.6 Å². The molecule has 0 fully saturated rings. The standard InChI is InChI=1S/C22H23ClO5S/c1-22(2,3)20(21(24)25)28-19-11-10-18(23)13-17(19)9-8-15-6-5-7-16(12-15)14-29(4,26)27/h5-7,10-13,20H,14H2,1-4H3,(H,24,25). The van der Waals surface area contributed by atoms with Gasteiger partial charge in [0.25, 0.3) is 0 Å². The number of hydrogen-bond acceptors (Lipinski definition) is 4. The molecular weight excluding hydrogens is 412 g/mol. The molecule has 5 nitrogen and oxygen atoms in total. The number of benzene rings is 2. The number of halogens is 1. The summed E-state index contributed by atoms with van der Waals surface area (Å²) in [7, 11) is -3.15. The van der Waals surface area contributed by atoms with E-state index in [1.807, 2.05) is 0 Å². The molecule has 29 heavy (non-hydrogen) atoms. The van der Waals surface area contributed by atoms with Gasteiger partial charge in [0.15, 0.2) is 15.9 Å². The number of carbonyl (C=O) groups is 1. The van der Waals surface area contributed by atoms with Gasteiger partial charge in [-0.3, -0.25) is 0 Å².